The highest BCUT2D eigenvalue weighted by atomic mass is 35.5. The standard InChI is InChI=1S/C19H13Cl2N3/c1-11-16(12-6-3-2-4-7-12)17(13(10-22)19(23)24-11)18-14(20)8-5-9-15(18)21/h2-9H,1H3,(H2,23,24). The van der Waals surface area contributed by atoms with E-state index in [9.17, 15) is 5.26 Å². The Morgan fingerprint density at radius 3 is 2.12 bits per heavy atom. The van der Waals surface area contributed by atoms with Gasteiger partial charge in [-0.3, -0.25) is 0 Å². The Hall–Kier alpha value is -2.54. The lowest BCUT2D eigenvalue weighted by Gasteiger charge is -2.18. The molecule has 0 fully saturated rings. The third-order valence-electron chi connectivity index (χ3n) is 3.79. The summed E-state index contributed by atoms with van der Waals surface area (Å²) in [4.78, 5) is 4.34. The fourth-order valence-corrected chi connectivity index (χ4v) is 3.37. The molecule has 118 valence electrons. The molecule has 0 spiro atoms. The molecule has 3 aromatic rings. The molecule has 0 radical (unpaired) electrons. The molecular weight excluding hydrogens is 341 g/mol. The number of hydrogen-bond acceptors (Lipinski definition) is 3. The zero-order valence-electron chi connectivity index (χ0n) is 12.8. The lowest BCUT2D eigenvalue weighted by Crippen LogP contribution is -2.03. The Bertz CT molecular complexity index is 940. The first-order valence-electron chi connectivity index (χ1n) is 7.24. The molecule has 24 heavy (non-hydrogen) atoms. The van der Waals surface area contributed by atoms with Crippen molar-refractivity contribution in [3.05, 3.63) is 69.8 Å². The first kappa shape index (κ1) is 16.3. The zero-order chi connectivity index (χ0) is 17.3. The SMILES string of the molecule is Cc1nc(N)c(C#N)c(-c2c(Cl)cccc2Cl)c1-c1ccccc1. The average Bonchev–Trinajstić information content (AvgIpc) is 2.55. The van der Waals surface area contributed by atoms with Crippen LogP contribution < -0.4 is 5.73 Å². The van der Waals surface area contributed by atoms with E-state index in [-0.39, 0.29) is 11.4 Å². The van der Waals surface area contributed by atoms with Gasteiger partial charge in [0.15, 0.2) is 0 Å². The van der Waals surface area contributed by atoms with E-state index in [0.29, 0.717) is 26.9 Å². The van der Waals surface area contributed by atoms with E-state index >= 15 is 0 Å². The van der Waals surface area contributed by atoms with E-state index in [1.165, 1.54) is 0 Å². The number of nitrogens with zero attached hydrogens (tertiary/aromatic N) is 2. The van der Waals surface area contributed by atoms with Gasteiger partial charge in [0, 0.05) is 32.4 Å². The van der Waals surface area contributed by atoms with Gasteiger partial charge in [0.1, 0.15) is 17.5 Å². The molecule has 0 bridgehead atoms. The largest absolute Gasteiger partial charge is 0.383 e. The molecular formula is C19H13Cl2N3. The van der Waals surface area contributed by atoms with E-state index < -0.39 is 0 Å². The number of halogens is 2. The smallest absolute Gasteiger partial charge is 0.142 e. The molecule has 0 saturated carbocycles. The van der Waals surface area contributed by atoms with Gasteiger partial charge in [0.05, 0.1) is 0 Å². The number of benzene rings is 2. The van der Waals surface area contributed by atoms with Gasteiger partial charge in [0.25, 0.3) is 0 Å². The van der Waals surface area contributed by atoms with E-state index in [4.69, 9.17) is 28.9 Å². The molecule has 3 rings (SSSR count). The van der Waals surface area contributed by atoms with Gasteiger partial charge in [-0.2, -0.15) is 5.26 Å². The molecule has 3 nitrogen and oxygen atoms in total. The second-order valence-corrected chi connectivity index (χ2v) is 6.10. The number of aromatic nitrogens is 1. The highest BCUT2D eigenvalue weighted by molar-refractivity contribution is 6.39. The minimum absolute atomic E-state index is 0.167. The molecule has 1 aromatic heterocycles. The van der Waals surface area contributed by atoms with Gasteiger partial charge < -0.3 is 5.73 Å². The van der Waals surface area contributed by atoms with Gasteiger partial charge in [-0.25, -0.2) is 4.98 Å². The summed E-state index contributed by atoms with van der Waals surface area (Å²) in [5, 5.41) is 10.6. The Labute approximate surface area is 150 Å². The second-order valence-electron chi connectivity index (χ2n) is 5.28. The maximum absolute atomic E-state index is 9.65. The quantitative estimate of drug-likeness (QED) is 0.662. The van der Waals surface area contributed by atoms with Crippen molar-refractivity contribution in [3.8, 4) is 28.3 Å². The molecule has 0 atom stereocenters. The van der Waals surface area contributed by atoms with Crippen molar-refractivity contribution in [1.29, 1.82) is 5.26 Å². The predicted octanol–water partition coefficient (Wildman–Crippen LogP) is 5.48. The van der Waals surface area contributed by atoms with Crippen molar-refractivity contribution in [2.24, 2.45) is 0 Å². The summed E-state index contributed by atoms with van der Waals surface area (Å²) >= 11 is 12.8. The normalized spacial score (nSPS) is 10.4. The number of nitrogens with two attached hydrogens (primary N) is 1. The Morgan fingerprint density at radius 2 is 1.54 bits per heavy atom. The molecule has 0 saturated heterocycles. The zero-order valence-corrected chi connectivity index (χ0v) is 14.4. The average molecular weight is 354 g/mol. The highest BCUT2D eigenvalue weighted by Gasteiger charge is 2.22. The predicted molar refractivity (Wildman–Crippen MR) is 99.0 cm³/mol. The Balaban J connectivity index is 2.50. The fraction of sp³-hybridized carbons (Fsp3) is 0.0526. The number of nitriles is 1. The van der Waals surface area contributed by atoms with Crippen molar-refractivity contribution >= 4 is 29.0 Å². The number of rotatable bonds is 2. The van der Waals surface area contributed by atoms with Gasteiger partial charge in [-0.05, 0) is 24.6 Å². The Morgan fingerprint density at radius 1 is 0.917 bits per heavy atom. The first-order valence-corrected chi connectivity index (χ1v) is 8.00. The summed E-state index contributed by atoms with van der Waals surface area (Å²) < 4.78 is 0. The van der Waals surface area contributed by atoms with Gasteiger partial charge in [-0.1, -0.05) is 59.6 Å². The fourth-order valence-electron chi connectivity index (χ4n) is 2.78. The molecule has 1 heterocycles. The van der Waals surface area contributed by atoms with Crippen LogP contribution in [0.3, 0.4) is 0 Å². The molecule has 2 aromatic carbocycles. The van der Waals surface area contributed by atoms with Gasteiger partial charge in [-0.15, -0.1) is 0 Å². The van der Waals surface area contributed by atoms with Gasteiger partial charge in [0.2, 0.25) is 0 Å². The van der Waals surface area contributed by atoms with Crippen LogP contribution in [-0.4, -0.2) is 4.98 Å². The first-order chi connectivity index (χ1) is 11.5. The lowest BCUT2D eigenvalue weighted by atomic mass is 9.90. The topological polar surface area (TPSA) is 62.7 Å². The van der Waals surface area contributed by atoms with Crippen LogP contribution in [-0.2, 0) is 0 Å². The molecule has 0 aliphatic heterocycles. The van der Waals surface area contributed by atoms with Crippen LogP contribution in [0, 0.1) is 18.3 Å². The molecule has 2 N–H and O–H groups in total. The van der Waals surface area contributed by atoms with Gasteiger partial charge >= 0.3 is 0 Å². The highest BCUT2D eigenvalue weighted by Crippen LogP contribution is 2.44. The van der Waals surface area contributed by atoms with Crippen molar-refractivity contribution in [3.63, 3.8) is 0 Å². The second kappa shape index (κ2) is 6.52. The molecule has 0 aliphatic rings. The minimum Gasteiger partial charge on any atom is -0.383 e. The van der Waals surface area contributed by atoms with Crippen LogP contribution in [0.1, 0.15) is 11.3 Å². The third-order valence-corrected chi connectivity index (χ3v) is 4.42. The molecule has 5 heteroatoms. The summed E-state index contributed by atoms with van der Waals surface area (Å²) in [6, 6.07) is 17.1. The Kier molecular flexibility index (Phi) is 4.44. The summed E-state index contributed by atoms with van der Waals surface area (Å²) in [7, 11) is 0. The van der Waals surface area contributed by atoms with Crippen LogP contribution in [0.25, 0.3) is 22.3 Å². The number of anilines is 1. The van der Waals surface area contributed by atoms with E-state index in [0.717, 1.165) is 11.1 Å². The van der Waals surface area contributed by atoms with E-state index in [2.05, 4.69) is 11.1 Å². The van der Waals surface area contributed by atoms with Crippen LogP contribution >= 0.6 is 23.2 Å². The third kappa shape index (κ3) is 2.71. The van der Waals surface area contributed by atoms with Crippen LogP contribution in [0.5, 0.6) is 0 Å². The van der Waals surface area contributed by atoms with E-state index in [1.807, 2.05) is 37.3 Å². The van der Waals surface area contributed by atoms with Crippen molar-refractivity contribution in [1.82, 2.24) is 4.98 Å². The lowest BCUT2D eigenvalue weighted by molar-refractivity contribution is 1.20. The van der Waals surface area contributed by atoms with Crippen LogP contribution in [0.4, 0.5) is 5.82 Å². The number of aryl methyl sites for hydroxylation is 1. The minimum atomic E-state index is 0.167. The van der Waals surface area contributed by atoms with Crippen molar-refractivity contribution < 1.29 is 0 Å². The number of nitrogen functional groups attached to an aromatic ring is 1. The molecule has 0 unspecified atom stereocenters. The number of pyridine rings is 1. The maximum atomic E-state index is 9.65. The van der Waals surface area contributed by atoms with Crippen molar-refractivity contribution in [2.45, 2.75) is 6.92 Å². The molecule has 0 amide bonds. The number of hydrogen-bond donors (Lipinski definition) is 1. The molecule has 0 aliphatic carbocycles. The summed E-state index contributed by atoms with van der Waals surface area (Å²) in [6.07, 6.45) is 0. The monoisotopic (exact) mass is 353 g/mol. The summed E-state index contributed by atoms with van der Waals surface area (Å²) in [6.45, 7) is 1.86. The van der Waals surface area contributed by atoms with E-state index in [1.54, 1.807) is 18.2 Å². The van der Waals surface area contributed by atoms with Crippen LogP contribution in [0.2, 0.25) is 10.0 Å². The summed E-state index contributed by atoms with van der Waals surface area (Å²) in [5.74, 6) is 0.167. The summed E-state index contributed by atoms with van der Waals surface area (Å²) in [5.41, 5.74) is 9.91. The van der Waals surface area contributed by atoms with Crippen LogP contribution in [0.15, 0.2) is 48.5 Å². The van der Waals surface area contributed by atoms with Crippen molar-refractivity contribution in [2.75, 3.05) is 5.73 Å². The maximum Gasteiger partial charge on any atom is 0.142 e.